The van der Waals surface area contributed by atoms with Gasteiger partial charge in [0.1, 0.15) is 17.1 Å². The Kier molecular flexibility index (Phi) is 2.97. The van der Waals surface area contributed by atoms with Crippen molar-refractivity contribution in [1.82, 2.24) is 9.97 Å². The Bertz CT molecular complexity index is 493. The van der Waals surface area contributed by atoms with Crippen LogP contribution in [0.2, 0.25) is 0 Å². The average Bonchev–Trinajstić information content (AvgIpc) is 2.26. The second-order valence-corrected chi connectivity index (χ2v) is 4.15. The molecule has 4 heteroatoms. The molecular weight excluding hydrogens is 208 g/mol. The maximum absolute atomic E-state index is 10.9. The first-order chi connectivity index (χ1) is 7.27. The Morgan fingerprint density at radius 1 is 1.33 bits per heavy atom. The number of hydrogen-bond acceptors (Lipinski definition) is 4. The van der Waals surface area contributed by atoms with Crippen LogP contribution in [-0.2, 0) is 4.79 Å². The van der Waals surface area contributed by atoms with Gasteiger partial charge >= 0.3 is 0 Å². The Morgan fingerprint density at radius 2 is 2.13 bits per heavy atom. The van der Waals surface area contributed by atoms with Gasteiger partial charge in [0.25, 0.3) is 0 Å². The molecule has 0 saturated heterocycles. The first-order valence-electron chi connectivity index (χ1n) is 4.59. The Balaban J connectivity index is 2.38. The fourth-order valence-electron chi connectivity index (χ4n) is 1.27. The zero-order valence-electron chi connectivity index (χ0n) is 8.30. The van der Waals surface area contributed by atoms with Crippen molar-refractivity contribution in [3.63, 3.8) is 0 Å². The van der Waals surface area contributed by atoms with E-state index in [4.69, 9.17) is 0 Å². The van der Waals surface area contributed by atoms with Crippen LogP contribution < -0.4 is 0 Å². The molecule has 0 N–H and O–H groups in total. The zero-order chi connectivity index (χ0) is 10.7. The molecule has 0 aliphatic heterocycles. The van der Waals surface area contributed by atoms with Gasteiger partial charge in [-0.2, -0.15) is 0 Å². The molecule has 0 atom stereocenters. The van der Waals surface area contributed by atoms with E-state index < -0.39 is 0 Å². The number of ketones is 1. The van der Waals surface area contributed by atoms with Gasteiger partial charge in [-0.1, -0.05) is 30.0 Å². The van der Waals surface area contributed by atoms with E-state index in [-0.39, 0.29) is 5.78 Å². The number of carbonyl (C=O) groups excluding carboxylic acids is 1. The van der Waals surface area contributed by atoms with Crippen LogP contribution in [0.4, 0.5) is 0 Å². The molecule has 0 saturated carbocycles. The predicted molar refractivity (Wildman–Crippen MR) is 60.9 cm³/mol. The number of benzene rings is 1. The summed E-state index contributed by atoms with van der Waals surface area (Å²) in [5.41, 5.74) is 0.915. The van der Waals surface area contributed by atoms with Crippen LogP contribution >= 0.6 is 11.8 Å². The highest BCUT2D eigenvalue weighted by Gasteiger charge is 2.04. The molecule has 3 nitrogen and oxygen atoms in total. The zero-order valence-corrected chi connectivity index (χ0v) is 9.12. The number of aromatic nitrogens is 2. The molecule has 0 spiro atoms. The van der Waals surface area contributed by atoms with E-state index in [1.807, 2.05) is 24.3 Å². The Morgan fingerprint density at radius 3 is 2.93 bits per heavy atom. The third kappa shape index (κ3) is 2.33. The quantitative estimate of drug-likeness (QED) is 0.585. The lowest BCUT2D eigenvalue weighted by Crippen LogP contribution is -1.95. The summed E-state index contributed by atoms with van der Waals surface area (Å²) in [5, 5.41) is 1.88. The van der Waals surface area contributed by atoms with Gasteiger partial charge in [0.2, 0.25) is 0 Å². The minimum Gasteiger partial charge on any atom is -0.299 e. The minimum atomic E-state index is 0.155. The van der Waals surface area contributed by atoms with Crippen molar-refractivity contribution in [2.45, 2.75) is 11.9 Å². The number of para-hydroxylation sites is 1. The van der Waals surface area contributed by atoms with E-state index in [2.05, 4.69) is 9.97 Å². The lowest BCUT2D eigenvalue weighted by molar-refractivity contribution is -0.114. The number of hydrogen-bond donors (Lipinski definition) is 0. The van der Waals surface area contributed by atoms with Crippen molar-refractivity contribution in [3.8, 4) is 0 Å². The van der Waals surface area contributed by atoms with E-state index in [1.165, 1.54) is 18.1 Å². The highest BCUT2D eigenvalue weighted by atomic mass is 32.2. The summed E-state index contributed by atoms with van der Waals surface area (Å²) in [5.74, 6) is 0.615. The molecule has 0 unspecified atom stereocenters. The second kappa shape index (κ2) is 4.40. The normalized spacial score (nSPS) is 10.5. The van der Waals surface area contributed by atoms with Gasteiger partial charge < -0.3 is 0 Å². The molecule has 1 aromatic heterocycles. The molecule has 0 amide bonds. The Hall–Kier alpha value is -1.42. The number of Topliss-reactive ketones (excluding diaryl/α,β-unsaturated/α-hetero) is 1. The van der Waals surface area contributed by atoms with E-state index in [9.17, 15) is 4.79 Å². The fraction of sp³-hybridized carbons (Fsp3) is 0.182. The van der Waals surface area contributed by atoms with Gasteiger partial charge in [0.05, 0.1) is 11.3 Å². The molecule has 1 aromatic carbocycles. The minimum absolute atomic E-state index is 0.155. The molecule has 0 aliphatic carbocycles. The second-order valence-electron chi connectivity index (χ2n) is 3.19. The van der Waals surface area contributed by atoms with Gasteiger partial charge in [-0.05, 0) is 13.0 Å². The summed E-state index contributed by atoms with van der Waals surface area (Å²) in [6.07, 6.45) is 1.53. The molecule has 0 aliphatic rings. The molecule has 0 fully saturated rings. The van der Waals surface area contributed by atoms with Crippen LogP contribution in [0, 0.1) is 0 Å². The molecule has 1 heterocycles. The van der Waals surface area contributed by atoms with Gasteiger partial charge in [0.15, 0.2) is 0 Å². The van der Waals surface area contributed by atoms with Crippen molar-refractivity contribution in [2.75, 3.05) is 5.75 Å². The number of thioether (sulfide) groups is 1. The van der Waals surface area contributed by atoms with Gasteiger partial charge in [0, 0.05) is 5.39 Å². The van der Waals surface area contributed by atoms with Crippen molar-refractivity contribution >= 4 is 28.4 Å². The van der Waals surface area contributed by atoms with Crippen molar-refractivity contribution in [2.24, 2.45) is 0 Å². The Labute approximate surface area is 91.9 Å². The third-order valence-corrected chi connectivity index (χ3v) is 3.07. The summed E-state index contributed by atoms with van der Waals surface area (Å²) in [4.78, 5) is 19.2. The molecule has 0 bridgehead atoms. The van der Waals surface area contributed by atoms with Gasteiger partial charge in [-0.3, -0.25) is 4.79 Å². The molecular formula is C11H10N2OS. The summed E-state index contributed by atoms with van der Waals surface area (Å²) in [6, 6.07) is 7.80. The lowest BCUT2D eigenvalue weighted by Gasteiger charge is -2.02. The first kappa shape index (κ1) is 10.1. The van der Waals surface area contributed by atoms with Crippen molar-refractivity contribution in [3.05, 3.63) is 30.6 Å². The standard InChI is InChI=1S/C11H10N2OS/c1-8(14)6-15-11-9-4-2-3-5-10(9)12-7-13-11/h2-5,7H,6H2,1H3. The number of fused-ring (bicyclic) bond motifs is 1. The molecule has 2 rings (SSSR count). The number of nitrogens with zero attached hydrogens (tertiary/aromatic N) is 2. The van der Waals surface area contributed by atoms with Crippen LogP contribution in [0.25, 0.3) is 10.9 Å². The van der Waals surface area contributed by atoms with Crippen LogP contribution in [0.5, 0.6) is 0 Å². The SMILES string of the molecule is CC(=O)CSc1ncnc2ccccc12. The van der Waals surface area contributed by atoms with E-state index in [1.54, 1.807) is 6.92 Å². The molecule has 76 valence electrons. The first-order valence-corrected chi connectivity index (χ1v) is 5.58. The topological polar surface area (TPSA) is 42.9 Å². The smallest absolute Gasteiger partial charge is 0.140 e. The van der Waals surface area contributed by atoms with Gasteiger partial charge in [-0.15, -0.1) is 0 Å². The maximum Gasteiger partial charge on any atom is 0.140 e. The molecule has 0 radical (unpaired) electrons. The summed E-state index contributed by atoms with van der Waals surface area (Å²) in [6.45, 7) is 1.58. The summed E-state index contributed by atoms with van der Waals surface area (Å²) < 4.78 is 0. The van der Waals surface area contributed by atoms with E-state index in [0.717, 1.165) is 15.9 Å². The monoisotopic (exact) mass is 218 g/mol. The number of rotatable bonds is 3. The van der Waals surface area contributed by atoms with Crippen LogP contribution in [0.15, 0.2) is 35.6 Å². The lowest BCUT2D eigenvalue weighted by atomic mass is 10.2. The third-order valence-electron chi connectivity index (χ3n) is 1.92. The van der Waals surface area contributed by atoms with E-state index in [0.29, 0.717) is 5.75 Å². The fourth-order valence-corrected chi connectivity index (χ4v) is 2.05. The largest absolute Gasteiger partial charge is 0.299 e. The van der Waals surface area contributed by atoms with Crippen LogP contribution in [-0.4, -0.2) is 21.5 Å². The van der Waals surface area contributed by atoms with Crippen LogP contribution in [0.3, 0.4) is 0 Å². The summed E-state index contributed by atoms with van der Waals surface area (Å²) in [7, 11) is 0. The number of carbonyl (C=O) groups is 1. The van der Waals surface area contributed by atoms with E-state index >= 15 is 0 Å². The van der Waals surface area contributed by atoms with Crippen molar-refractivity contribution in [1.29, 1.82) is 0 Å². The van der Waals surface area contributed by atoms with Crippen LogP contribution in [0.1, 0.15) is 6.92 Å². The van der Waals surface area contributed by atoms with Crippen molar-refractivity contribution < 1.29 is 4.79 Å². The highest BCUT2D eigenvalue weighted by molar-refractivity contribution is 8.00. The molecule has 2 aromatic rings. The average molecular weight is 218 g/mol. The predicted octanol–water partition coefficient (Wildman–Crippen LogP) is 2.31. The summed E-state index contributed by atoms with van der Waals surface area (Å²) >= 11 is 1.46. The molecule has 15 heavy (non-hydrogen) atoms. The maximum atomic E-state index is 10.9. The highest BCUT2D eigenvalue weighted by Crippen LogP contribution is 2.23. The van der Waals surface area contributed by atoms with Gasteiger partial charge in [-0.25, -0.2) is 9.97 Å².